The van der Waals surface area contributed by atoms with Crippen molar-refractivity contribution in [3.8, 4) is 0 Å². The molecule has 0 bridgehead atoms. The van der Waals surface area contributed by atoms with Crippen LogP contribution in [0.3, 0.4) is 0 Å². The summed E-state index contributed by atoms with van der Waals surface area (Å²) in [5, 5.41) is 8.89. The summed E-state index contributed by atoms with van der Waals surface area (Å²) in [5.41, 5.74) is 7.52. The first-order valence-corrected chi connectivity index (χ1v) is 5.81. The number of aliphatic hydroxyl groups is 1. The molecule has 2 rings (SSSR count). The Morgan fingerprint density at radius 1 is 1.56 bits per heavy atom. The predicted molar refractivity (Wildman–Crippen MR) is 63.7 cm³/mol. The zero-order valence-electron chi connectivity index (χ0n) is 9.47. The van der Waals surface area contributed by atoms with E-state index in [1.54, 1.807) is 6.20 Å². The van der Waals surface area contributed by atoms with Gasteiger partial charge in [0.2, 0.25) is 0 Å². The minimum Gasteiger partial charge on any atom is -0.399 e. The minimum atomic E-state index is 0.301. The van der Waals surface area contributed by atoms with Crippen molar-refractivity contribution < 1.29 is 5.11 Å². The summed E-state index contributed by atoms with van der Waals surface area (Å²) >= 11 is 0. The van der Waals surface area contributed by atoms with Crippen molar-refractivity contribution in [2.45, 2.75) is 19.4 Å². The Balaban J connectivity index is 1.87. The number of nitrogen functional groups attached to an aromatic ring is 1. The third-order valence-corrected chi connectivity index (χ3v) is 3.13. The lowest BCUT2D eigenvalue weighted by atomic mass is 10.1. The molecule has 0 spiro atoms. The fourth-order valence-corrected chi connectivity index (χ4v) is 2.29. The van der Waals surface area contributed by atoms with Gasteiger partial charge in [-0.2, -0.15) is 0 Å². The molecule has 0 amide bonds. The zero-order valence-corrected chi connectivity index (χ0v) is 9.47. The van der Waals surface area contributed by atoms with Crippen LogP contribution in [0, 0.1) is 5.92 Å². The van der Waals surface area contributed by atoms with Gasteiger partial charge >= 0.3 is 0 Å². The maximum atomic E-state index is 8.89. The van der Waals surface area contributed by atoms with E-state index in [1.165, 1.54) is 6.42 Å². The number of hydrogen-bond acceptors (Lipinski definition) is 4. The van der Waals surface area contributed by atoms with Crippen molar-refractivity contribution >= 4 is 5.69 Å². The lowest BCUT2D eigenvalue weighted by Crippen LogP contribution is -2.21. The van der Waals surface area contributed by atoms with Crippen LogP contribution in [0.15, 0.2) is 18.3 Å². The maximum Gasteiger partial charge on any atom is 0.0564 e. The van der Waals surface area contributed by atoms with E-state index in [0.717, 1.165) is 37.4 Å². The van der Waals surface area contributed by atoms with E-state index in [9.17, 15) is 0 Å². The van der Waals surface area contributed by atoms with Gasteiger partial charge in [-0.3, -0.25) is 9.88 Å². The largest absolute Gasteiger partial charge is 0.399 e. The SMILES string of the molecule is Nc1ccnc(CN2CCC(CCO)C2)c1. The molecule has 1 aliphatic rings. The van der Waals surface area contributed by atoms with Gasteiger partial charge in [0.25, 0.3) is 0 Å². The van der Waals surface area contributed by atoms with Gasteiger partial charge in [0, 0.05) is 31.6 Å². The number of aliphatic hydroxyl groups excluding tert-OH is 1. The standard InChI is InChI=1S/C12H19N3O/c13-11-1-4-14-12(7-11)9-15-5-2-10(8-15)3-6-16/h1,4,7,10,16H,2-3,5-6,8-9H2,(H2,13,14). The summed E-state index contributed by atoms with van der Waals surface area (Å²) in [6.07, 6.45) is 3.86. The molecule has 1 aromatic heterocycles. The number of aromatic nitrogens is 1. The Hall–Kier alpha value is -1.13. The molecule has 1 saturated heterocycles. The monoisotopic (exact) mass is 221 g/mol. The van der Waals surface area contributed by atoms with Gasteiger partial charge in [-0.1, -0.05) is 0 Å². The average Bonchev–Trinajstić information content (AvgIpc) is 2.66. The van der Waals surface area contributed by atoms with Crippen LogP contribution in [0.2, 0.25) is 0 Å². The number of rotatable bonds is 4. The summed E-state index contributed by atoms with van der Waals surface area (Å²) in [4.78, 5) is 6.68. The molecule has 1 atom stereocenters. The lowest BCUT2D eigenvalue weighted by molar-refractivity contribution is 0.249. The second kappa shape index (κ2) is 5.27. The summed E-state index contributed by atoms with van der Waals surface area (Å²) < 4.78 is 0. The number of pyridine rings is 1. The Morgan fingerprint density at radius 3 is 3.19 bits per heavy atom. The molecule has 88 valence electrons. The summed E-state index contributed by atoms with van der Waals surface area (Å²) in [5.74, 6) is 0.644. The van der Waals surface area contributed by atoms with Crippen molar-refractivity contribution in [1.82, 2.24) is 9.88 Å². The Bertz CT molecular complexity index is 343. The molecule has 4 nitrogen and oxygen atoms in total. The van der Waals surface area contributed by atoms with Crippen LogP contribution in [0.5, 0.6) is 0 Å². The second-order valence-electron chi connectivity index (χ2n) is 4.48. The molecule has 1 fully saturated rings. The fourth-order valence-electron chi connectivity index (χ4n) is 2.29. The highest BCUT2D eigenvalue weighted by molar-refractivity contribution is 5.37. The molecule has 0 aliphatic carbocycles. The summed E-state index contributed by atoms with van der Waals surface area (Å²) in [6.45, 7) is 3.33. The maximum absolute atomic E-state index is 8.89. The molecular formula is C12H19N3O. The van der Waals surface area contributed by atoms with Crippen LogP contribution in [-0.4, -0.2) is 34.7 Å². The van der Waals surface area contributed by atoms with Crippen LogP contribution in [0.4, 0.5) is 5.69 Å². The molecule has 3 N–H and O–H groups in total. The van der Waals surface area contributed by atoms with Gasteiger partial charge in [-0.15, -0.1) is 0 Å². The van der Waals surface area contributed by atoms with Crippen LogP contribution in [0.1, 0.15) is 18.5 Å². The number of anilines is 1. The van der Waals surface area contributed by atoms with E-state index in [4.69, 9.17) is 10.8 Å². The molecule has 0 saturated carbocycles. The fraction of sp³-hybridized carbons (Fsp3) is 0.583. The molecule has 16 heavy (non-hydrogen) atoms. The first kappa shape index (κ1) is 11.4. The van der Waals surface area contributed by atoms with Crippen molar-refractivity contribution in [1.29, 1.82) is 0 Å². The van der Waals surface area contributed by atoms with Crippen LogP contribution in [0.25, 0.3) is 0 Å². The molecule has 0 radical (unpaired) electrons. The normalized spacial score (nSPS) is 21.4. The molecule has 4 heteroatoms. The number of nitrogens with two attached hydrogens (primary N) is 1. The molecule has 1 aromatic rings. The molecule has 2 heterocycles. The highest BCUT2D eigenvalue weighted by atomic mass is 16.3. The van der Waals surface area contributed by atoms with E-state index < -0.39 is 0 Å². The van der Waals surface area contributed by atoms with Crippen LogP contribution >= 0.6 is 0 Å². The molecular weight excluding hydrogens is 202 g/mol. The van der Waals surface area contributed by atoms with Crippen molar-refractivity contribution in [3.05, 3.63) is 24.0 Å². The Morgan fingerprint density at radius 2 is 2.44 bits per heavy atom. The first-order chi connectivity index (χ1) is 7.78. The van der Waals surface area contributed by atoms with Crippen molar-refractivity contribution in [3.63, 3.8) is 0 Å². The zero-order chi connectivity index (χ0) is 11.4. The van der Waals surface area contributed by atoms with E-state index in [1.807, 2.05) is 12.1 Å². The average molecular weight is 221 g/mol. The van der Waals surface area contributed by atoms with E-state index >= 15 is 0 Å². The topological polar surface area (TPSA) is 62.4 Å². The highest BCUT2D eigenvalue weighted by Gasteiger charge is 2.21. The van der Waals surface area contributed by atoms with Crippen molar-refractivity contribution in [2.75, 3.05) is 25.4 Å². The Labute approximate surface area is 96.1 Å². The van der Waals surface area contributed by atoms with Gasteiger partial charge in [0.05, 0.1) is 5.69 Å². The number of nitrogens with zero attached hydrogens (tertiary/aromatic N) is 2. The predicted octanol–water partition coefficient (Wildman–Crippen LogP) is 0.868. The Kier molecular flexibility index (Phi) is 3.74. The minimum absolute atomic E-state index is 0.301. The molecule has 1 unspecified atom stereocenters. The molecule has 1 aliphatic heterocycles. The lowest BCUT2D eigenvalue weighted by Gasteiger charge is -2.15. The number of likely N-dealkylation sites (tertiary alicyclic amines) is 1. The third-order valence-electron chi connectivity index (χ3n) is 3.13. The third kappa shape index (κ3) is 2.93. The van der Waals surface area contributed by atoms with Gasteiger partial charge in [0.15, 0.2) is 0 Å². The van der Waals surface area contributed by atoms with Gasteiger partial charge in [-0.25, -0.2) is 0 Å². The van der Waals surface area contributed by atoms with E-state index in [-0.39, 0.29) is 0 Å². The van der Waals surface area contributed by atoms with E-state index in [0.29, 0.717) is 12.5 Å². The van der Waals surface area contributed by atoms with Gasteiger partial charge < -0.3 is 10.8 Å². The number of hydrogen-bond donors (Lipinski definition) is 2. The highest BCUT2D eigenvalue weighted by Crippen LogP contribution is 2.20. The molecule has 0 aromatic carbocycles. The van der Waals surface area contributed by atoms with Crippen LogP contribution < -0.4 is 5.73 Å². The summed E-state index contributed by atoms with van der Waals surface area (Å²) in [6, 6.07) is 3.74. The van der Waals surface area contributed by atoms with Crippen molar-refractivity contribution in [2.24, 2.45) is 5.92 Å². The summed E-state index contributed by atoms with van der Waals surface area (Å²) in [7, 11) is 0. The first-order valence-electron chi connectivity index (χ1n) is 5.81. The van der Waals surface area contributed by atoms with Crippen LogP contribution in [-0.2, 0) is 6.54 Å². The quantitative estimate of drug-likeness (QED) is 0.792. The van der Waals surface area contributed by atoms with Gasteiger partial charge in [0.1, 0.15) is 0 Å². The smallest absolute Gasteiger partial charge is 0.0564 e. The van der Waals surface area contributed by atoms with Gasteiger partial charge in [-0.05, 0) is 37.4 Å². The van der Waals surface area contributed by atoms with E-state index in [2.05, 4.69) is 9.88 Å². The second-order valence-corrected chi connectivity index (χ2v) is 4.48.